The Hall–Kier alpha value is -1.39. The van der Waals surface area contributed by atoms with Crippen LogP contribution in [0.3, 0.4) is 0 Å². The zero-order valence-electron chi connectivity index (χ0n) is 12.5. The van der Waals surface area contributed by atoms with E-state index in [0.29, 0.717) is 5.56 Å². The maximum Gasteiger partial charge on any atom is 0.248 e. The lowest BCUT2D eigenvalue weighted by atomic mass is 9.98. The highest BCUT2D eigenvalue weighted by molar-refractivity contribution is 5.93. The van der Waals surface area contributed by atoms with E-state index in [0.717, 1.165) is 37.7 Å². The van der Waals surface area contributed by atoms with Crippen molar-refractivity contribution in [2.24, 2.45) is 11.7 Å². The minimum Gasteiger partial charge on any atom is -0.366 e. The Morgan fingerprint density at radius 2 is 2.30 bits per heavy atom. The molecule has 1 aromatic carbocycles. The van der Waals surface area contributed by atoms with E-state index in [1.54, 1.807) is 0 Å². The zero-order chi connectivity index (χ0) is 14.5. The summed E-state index contributed by atoms with van der Waals surface area (Å²) in [5.41, 5.74) is 8.29. The number of nitrogens with one attached hydrogen (secondary N) is 1. The summed E-state index contributed by atoms with van der Waals surface area (Å²) in [5.74, 6) is 0.389. The molecule has 110 valence electrons. The van der Waals surface area contributed by atoms with Gasteiger partial charge in [-0.2, -0.15) is 0 Å². The van der Waals surface area contributed by atoms with Crippen molar-refractivity contribution in [3.05, 3.63) is 34.9 Å². The van der Waals surface area contributed by atoms with Crippen molar-refractivity contribution in [3.8, 4) is 0 Å². The van der Waals surface area contributed by atoms with Crippen LogP contribution in [-0.4, -0.2) is 37.5 Å². The molecule has 0 aliphatic carbocycles. The molecule has 0 aromatic heterocycles. The number of nitrogens with zero attached hydrogens (tertiary/aromatic N) is 1. The van der Waals surface area contributed by atoms with Gasteiger partial charge in [0.25, 0.3) is 0 Å². The van der Waals surface area contributed by atoms with Crippen LogP contribution in [-0.2, 0) is 6.54 Å². The average molecular weight is 275 g/mol. The van der Waals surface area contributed by atoms with Gasteiger partial charge in [-0.3, -0.25) is 4.79 Å². The fraction of sp³-hybridized carbons (Fsp3) is 0.562. The van der Waals surface area contributed by atoms with Gasteiger partial charge < -0.3 is 16.0 Å². The molecule has 0 radical (unpaired) electrons. The first-order valence-corrected chi connectivity index (χ1v) is 7.35. The highest BCUT2D eigenvalue weighted by Crippen LogP contribution is 2.16. The molecule has 4 nitrogen and oxygen atoms in total. The van der Waals surface area contributed by atoms with Gasteiger partial charge in [0.15, 0.2) is 0 Å². The molecule has 4 heteroatoms. The molecule has 2 rings (SSSR count). The van der Waals surface area contributed by atoms with Gasteiger partial charge in [0.2, 0.25) is 5.91 Å². The van der Waals surface area contributed by atoms with Gasteiger partial charge in [-0.05, 0) is 69.1 Å². The molecule has 1 aliphatic rings. The largest absolute Gasteiger partial charge is 0.366 e. The number of piperidine rings is 1. The molecular weight excluding hydrogens is 250 g/mol. The molecule has 0 spiro atoms. The monoisotopic (exact) mass is 275 g/mol. The number of aryl methyl sites for hydroxylation is 1. The molecule has 1 fully saturated rings. The topological polar surface area (TPSA) is 58.4 Å². The van der Waals surface area contributed by atoms with Gasteiger partial charge in [-0.1, -0.05) is 6.07 Å². The maximum atomic E-state index is 11.2. The first kappa shape index (κ1) is 15.0. The summed E-state index contributed by atoms with van der Waals surface area (Å²) >= 11 is 0. The van der Waals surface area contributed by atoms with E-state index >= 15 is 0 Å². The predicted octanol–water partition coefficient (Wildman–Crippen LogP) is 1.53. The summed E-state index contributed by atoms with van der Waals surface area (Å²) in [7, 11) is 2.16. The molecule has 1 amide bonds. The third kappa shape index (κ3) is 4.05. The highest BCUT2D eigenvalue weighted by atomic mass is 16.1. The molecular formula is C16H25N3O. The van der Waals surface area contributed by atoms with Crippen molar-refractivity contribution in [1.29, 1.82) is 0 Å². The lowest BCUT2D eigenvalue weighted by Gasteiger charge is -2.28. The lowest BCUT2D eigenvalue weighted by Crippen LogP contribution is -2.36. The first-order valence-electron chi connectivity index (χ1n) is 7.35. The van der Waals surface area contributed by atoms with Crippen molar-refractivity contribution < 1.29 is 4.79 Å². The number of hydrogen-bond acceptors (Lipinski definition) is 3. The van der Waals surface area contributed by atoms with E-state index in [1.807, 2.05) is 25.1 Å². The quantitative estimate of drug-likeness (QED) is 0.856. The number of carbonyl (C=O) groups is 1. The van der Waals surface area contributed by atoms with E-state index < -0.39 is 0 Å². The second kappa shape index (κ2) is 6.86. The number of amides is 1. The van der Waals surface area contributed by atoms with E-state index in [2.05, 4.69) is 17.3 Å². The van der Waals surface area contributed by atoms with Gasteiger partial charge >= 0.3 is 0 Å². The van der Waals surface area contributed by atoms with Crippen LogP contribution in [0, 0.1) is 12.8 Å². The summed E-state index contributed by atoms with van der Waals surface area (Å²) in [5, 5.41) is 3.46. The van der Waals surface area contributed by atoms with Crippen molar-refractivity contribution in [3.63, 3.8) is 0 Å². The number of nitrogens with two attached hydrogens (primary N) is 1. The molecule has 1 aliphatic heterocycles. The Morgan fingerprint density at radius 3 is 2.90 bits per heavy atom. The van der Waals surface area contributed by atoms with Crippen molar-refractivity contribution in [2.75, 3.05) is 26.7 Å². The van der Waals surface area contributed by atoms with Crippen LogP contribution in [0.25, 0.3) is 0 Å². The third-order valence-corrected chi connectivity index (χ3v) is 4.04. The fourth-order valence-corrected chi connectivity index (χ4v) is 2.90. The van der Waals surface area contributed by atoms with Crippen LogP contribution in [0.4, 0.5) is 0 Å². The highest BCUT2D eigenvalue weighted by Gasteiger charge is 2.15. The third-order valence-electron chi connectivity index (χ3n) is 4.04. The van der Waals surface area contributed by atoms with Crippen LogP contribution >= 0.6 is 0 Å². The van der Waals surface area contributed by atoms with Gasteiger partial charge in [0.05, 0.1) is 0 Å². The average Bonchev–Trinajstić information content (AvgIpc) is 2.42. The summed E-state index contributed by atoms with van der Waals surface area (Å²) in [6, 6.07) is 5.72. The Balaban J connectivity index is 1.93. The van der Waals surface area contributed by atoms with Crippen LogP contribution < -0.4 is 11.1 Å². The standard InChI is InChI=1S/C16H25N3O/c1-12-8-14(16(17)20)5-6-15(12)11-19(2)10-13-4-3-7-18-9-13/h5-6,8,13,18H,3-4,7,9-11H2,1-2H3,(H2,17,20). The van der Waals surface area contributed by atoms with Gasteiger partial charge in [0, 0.05) is 18.7 Å². The molecule has 1 atom stereocenters. The van der Waals surface area contributed by atoms with Gasteiger partial charge in [-0.15, -0.1) is 0 Å². The number of benzene rings is 1. The van der Waals surface area contributed by atoms with Crippen molar-refractivity contribution >= 4 is 5.91 Å². The number of carbonyl (C=O) groups excluding carboxylic acids is 1. The fourth-order valence-electron chi connectivity index (χ4n) is 2.90. The van der Waals surface area contributed by atoms with E-state index in [1.165, 1.54) is 18.4 Å². The SMILES string of the molecule is Cc1cc(C(N)=O)ccc1CN(C)CC1CCCNC1. The van der Waals surface area contributed by atoms with Crippen molar-refractivity contribution in [1.82, 2.24) is 10.2 Å². The second-order valence-electron chi connectivity index (χ2n) is 5.91. The van der Waals surface area contributed by atoms with Crippen LogP contribution in [0.2, 0.25) is 0 Å². The van der Waals surface area contributed by atoms with E-state index in [-0.39, 0.29) is 5.91 Å². The summed E-state index contributed by atoms with van der Waals surface area (Å²) in [6.45, 7) is 6.36. The molecule has 1 aromatic rings. The minimum absolute atomic E-state index is 0.360. The molecule has 0 saturated carbocycles. The molecule has 1 heterocycles. The van der Waals surface area contributed by atoms with Crippen LogP contribution in [0.15, 0.2) is 18.2 Å². The van der Waals surface area contributed by atoms with Gasteiger partial charge in [-0.25, -0.2) is 0 Å². The Bertz CT molecular complexity index is 467. The molecule has 1 unspecified atom stereocenters. The lowest BCUT2D eigenvalue weighted by molar-refractivity contribution is 0.1000. The zero-order valence-corrected chi connectivity index (χ0v) is 12.5. The van der Waals surface area contributed by atoms with Gasteiger partial charge in [0.1, 0.15) is 0 Å². The Labute approximate surface area is 121 Å². The van der Waals surface area contributed by atoms with E-state index in [9.17, 15) is 4.79 Å². The number of rotatable bonds is 5. The maximum absolute atomic E-state index is 11.2. The predicted molar refractivity (Wildman–Crippen MR) is 81.6 cm³/mol. The summed E-state index contributed by atoms with van der Waals surface area (Å²) in [6.07, 6.45) is 2.60. The van der Waals surface area contributed by atoms with Crippen LogP contribution in [0.1, 0.15) is 34.3 Å². The smallest absolute Gasteiger partial charge is 0.248 e. The first-order chi connectivity index (χ1) is 9.56. The molecule has 3 N–H and O–H groups in total. The molecule has 1 saturated heterocycles. The van der Waals surface area contributed by atoms with Crippen LogP contribution in [0.5, 0.6) is 0 Å². The second-order valence-corrected chi connectivity index (χ2v) is 5.91. The van der Waals surface area contributed by atoms with E-state index in [4.69, 9.17) is 5.73 Å². The molecule has 0 bridgehead atoms. The molecule has 20 heavy (non-hydrogen) atoms. The minimum atomic E-state index is -0.360. The summed E-state index contributed by atoms with van der Waals surface area (Å²) < 4.78 is 0. The Morgan fingerprint density at radius 1 is 1.50 bits per heavy atom. The number of primary amides is 1. The Kier molecular flexibility index (Phi) is 5.15. The van der Waals surface area contributed by atoms with Crippen molar-refractivity contribution in [2.45, 2.75) is 26.3 Å². The summed E-state index contributed by atoms with van der Waals surface area (Å²) in [4.78, 5) is 13.5. The normalized spacial score (nSPS) is 19.2. The number of hydrogen-bond donors (Lipinski definition) is 2.